The summed E-state index contributed by atoms with van der Waals surface area (Å²) < 4.78 is 35.1. The molecule has 0 radical (unpaired) electrons. The Bertz CT molecular complexity index is 801. The maximum absolute atomic E-state index is 14.0. The van der Waals surface area contributed by atoms with E-state index in [0.717, 1.165) is 58.2 Å². The first-order valence-corrected chi connectivity index (χ1v) is 10.4. The van der Waals surface area contributed by atoms with E-state index in [9.17, 15) is 8.78 Å². The number of piperidine rings is 1. The van der Waals surface area contributed by atoms with Crippen LogP contribution in [0.25, 0.3) is 0 Å². The van der Waals surface area contributed by atoms with E-state index in [1.165, 1.54) is 24.0 Å². The molecular formula is C22H29F2N3O. The number of ether oxygens (including phenoxy) is 1. The molecule has 28 heavy (non-hydrogen) atoms. The van der Waals surface area contributed by atoms with Crippen LogP contribution in [0.1, 0.15) is 48.7 Å². The van der Waals surface area contributed by atoms with Gasteiger partial charge < -0.3 is 9.30 Å². The fraction of sp³-hybridized carbons (Fsp3) is 0.591. The minimum Gasteiger partial charge on any atom is -0.381 e. The highest BCUT2D eigenvalue weighted by atomic mass is 19.1. The molecule has 1 aromatic carbocycles. The monoisotopic (exact) mass is 389 g/mol. The molecule has 1 atom stereocenters. The Balaban J connectivity index is 1.42. The molecular weight excluding hydrogens is 360 g/mol. The van der Waals surface area contributed by atoms with Crippen LogP contribution in [-0.2, 0) is 17.8 Å². The Morgan fingerprint density at radius 2 is 2.00 bits per heavy atom. The second-order valence-corrected chi connectivity index (χ2v) is 8.23. The number of hydrogen-bond acceptors (Lipinski definition) is 3. The first kappa shape index (κ1) is 19.5. The summed E-state index contributed by atoms with van der Waals surface area (Å²) in [7, 11) is 0. The van der Waals surface area contributed by atoms with Crippen molar-refractivity contribution in [2.24, 2.45) is 5.92 Å². The summed E-state index contributed by atoms with van der Waals surface area (Å²) in [6.07, 6.45) is 6.34. The number of halogens is 2. The normalized spacial score (nSPS) is 21.9. The van der Waals surface area contributed by atoms with E-state index >= 15 is 0 Å². The van der Waals surface area contributed by atoms with Crippen molar-refractivity contribution in [1.82, 2.24) is 14.5 Å². The number of benzene rings is 1. The molecule has 0 bridgehead atoms. The lowest BCUT2D eigenvalue weighted by atomic mass is 9.96. The average Bonchev–Trinajstić information content (AvgIpc) is 3.05. The zero-order chi connectivity index (χ0) is 19.5. The molecule has 6 heteroatoms. The number of likely N-dealkylation sites (tertiary alicyclic amines) is 1. The van der Waals surface area contributed by atoms with Gasteiger partial charge in [0.1, 0.15) is 17.5 Å². The first-order valence-electron chi connectivity index (χ1n) is 10.4. The van der Waals surface area contributed by atoms with E-state index in [0.29, 0.717) is 23.9 Å². The lowest BCUT2D eigenvalue weighted by molar-refractivity contribution is 0.0821. The van der Waals surface area contributed by atoms with E-state index in [1.54, 1.807) is 6.07 Å². The van der Waals surface area contributed by atoms with Crippen LogP contribution in [0.2, 0.25) is 0 Å². The quantitative estimate of drug-likeness (QED) is 0.765. The largest absolute Gasteiger partial charge is 0.381 e. The number of rotatable bonds is 5. The number of imidazole rings is 1. The summed E-state index contributed by atoms with van der Waals surface area (Å²) in [6, 6.07) is 3.89. The van der Waals surface area contributed by atoms with Crippen LogP contribution in [0.5, 0.6) is 0 Å². The van der Waals surface area contributed by atoms with E-state index in [4.69, 9.17) is 9.72 Å². The van der Waals surface area contributed by atoms with E-state index in [-0.39, 0.29) is 0 Å². The molecule has 2 aliphatic rings. The van der Waals surface area contributed by atoms with Crippen molar-refractivity contribution in [1.29, 1.82) is 0 Å². The minimum absolute atomic E-state index is 0.450. The van der Waals surface area contributed by atoms with E-state index < -0.39 is 11.6 Å². The topological polar surface area (TPSA) is 30.3 Å². The van der Waals surface area contributed by atoms with Crippen LogP contribution in [0.3, 0.4) is 0 Å². The van der Waals surface area contributed by atoms with E-state index in [1.807, 2.05) is 6.20 Å². The van der Waals surface area contributed by atoms with Gasteiger partial charge in [-0.1, -0.05) is 6.07 Å². The highest BCUT2D eigenvalue weighted by Crippen LogP contribution is 2.29. The van der Waals surface area contributed by atoms with Crippen LogP contribution in [-0.4, -0.2) is 40.8 Å². The maximum Gasteiger partial charge on any atom is 0.130 e. The third-order valence-corrected chi connectivity index (χ3v) is 6.13. The molecule has 1 aromatic heterocycles. The summed E-state index contributed by atoms with van der Waals surface area (Å²) in [5.41, 5.74) is 1.78. The second-order valence-electron chi connectivity index (χ2n) is 8.23. The smallest absolute Gasteiger partial charge is 0.130 e. The van der Waals surface area contributed by atoms with Crippen molar-refractivity contribution in [3.05, 3.63) is 53.1 Å². The van der Waals surface area contributed by atoms with Crippen molar-refractivity contribution >= 4 is 0 Å². The third kappa shape index (κ3) is 4.44. The summed E-state index contributed by atoms with van der Waals surface area (Å²) in [5, 5.41) is 0. The molecule has 0 amide bonds. The average molecular weight is 389 g/mol. The molecule has 2 aromatic rings. The lowest BCUT2D eigenvalue weighted by Gasteiger charge is -2.34. The number of aromatic nitrogens is 2. The summed E-state index contributed by atoms with van der Waals surface area (Å²) in [5.74, 6) is 1.23. The molecule has 2 saturated heterocycles. The van der Waals surface area contributed by atoms with Crippen LogP contribution in [0.4, 0.5) is 8.78 Å². The molecule has 4 rings (SSSR count). The zero-order valence-electron chi connectivity index (χ0n) is 16.5. The molecule has 2 fully saturated rings. The molecule has 2 aliphatic heterocycles. The molecule has 0 saturated carbocycles. The SMILES string of the molecule is Cc1cnc(C2CCOCC2)n1CC1CCCN(Cc2ccc(F)cc2F)C1. The van der Waals surface area contributed by atoms with Crippen LogP contribution >= 0.6 is 0 Å². The third-order valence-electron chi connectivity index (χ3n) is 6.13. The number of hydrogen-bond donors (Lipinski definition) is 0. The Kier molecular flexibility index (Phi) is 6.07. The van der Waals surface area contributed by atoms with Gasteiger partial charge in [0.15, 0.2) is 0 Å². The minimum atomic E-state index is -0.519. The van der Waals surface area contributed by atoms with Crippen LogP contribution in [0, 0.1) is 24.5 Å². The van der Waals surface area contributed by atoms with Crippen molar-refractivity contribution in [3.63, 3.8) is 0 Å². The zero-order valence-corrected chi connectivity index (χ0v) is 16.5. The Labute approximate surface area is 165 Å². The van der Waals surface area contributed by atoms with E-state index in [2.05, 4.69) is 16.4 Å². The van der Waals surface area contributed by atoms with Crippen molar-refractivity contribution in [2.75, 3.05) is 26.3 Å². The highest BCUT2D eigenvalue weighted by molar-refractivity contribution is 5.18. The fourth-order valence-corrected chi connectivity index (χ4v) is 4.59. The predicted molar refractivity (Wildman–Crippen MR) is 104 cm³/mol. The standard InChI is InChI=1S/C22H29F2N3O/c1-16-12-25-22(18-6-9-28-10-7-18)27(16)14-17-3-2-8-26(13-17)15-19-4-5-20(23)11-21(19)24/h4-5,11-12,17-18H,2-3,6-10,13-15H2,1H3. The van der Waals surface area contributed by atoms with Gasteiger partial charge in [0.05, 0.1) is 0 Å². The van der Waals surface area contributed by atoms with Crippen LogP contribution < -0.4 is 0 Å². The lowest BCUT2D eigenvalue weighted by Crippen LogP contribution is -2.37. The predicted octanol–water partition coefficient (Wildman–Crippen LogP) is 4.28. The van der Waals surface area contributed by atoms with Gasteiger partial charge in [-0.25, -0.2) is 13.8 Å². The molecule has 152 valence electrons. The van der Waals surface area contributed by atoms with Gasteiger partial charge >= 0.3 is 0 Å². The molecule has 1 unspecified atom stereocenters. The Hall–Kier alpha value is -1.79. The molecule has 0 spiro atoms. The Morgan fingerprint density at radius 1 is 1.18 bits per heavy atom. The van der Waals surface area contributed by atoms with Crippen molar-refractivity contribution in [2.45, 2.75) is 51.6 Å². The molecule has 0 aliphatic carbocycles. The summed E-state index contributed by atoms with van der Waals surface area (Å²) in [4.78, 5) is 7.02. The molecule has 0 N–H and O–H groups in total. The van der Waals surface area contributed by atoms with Gasteiger partial charge in [-0.3, -0.25) is 4.90 Å². The van der Waals surface area contributed by atoms with Crippen molar-refractivity contribution in [3.8, 4) is 0 Å². The van der Waals surface area contributed by atoms with Gasteiger partial charge in [0.2, 0.25) is 0 Å². The second kappa shape index (κ2) is 8.70. The van der Waals surface area contributed by atoms with Gasteiger partial charge in [-0.05, 0) is 51.1 Å². The van der Waals surface area contributed by atoms with Gasteiger partial charge in [0, 0.05) is 62.3 Å². The number of aryl methyl sites for hydroxylation is 1. The van der Waals surface area contributed by atoms with Gasteiger partial charge in [-0.2, -0.15) is 0 Å². The fourth-order valence-electron chi connectivity index (χ4n) is 4.59. The number of nitrogens with zero attached hydrogens (tertiary/aromatic N) is 3. The Morgan fingerprint density at radius 3 is 2.79 bits per heavy atom. The molecule has 4 nitrogen and oxygen atoms in total. The van der Waals surface area contributed by atoms with Crippen molar-refractivity contribution < 1.29 is 13.5 Å². The van der Waals surface area contributed by atoms with Gasteiger partial charge in [-0.15, -0.1) is 0 Å². The molecule has 3 heterocycles. The first-order chi connectivity index (χ1) is 13.6. The summed E-state index contributed by atoms with van der Waals surface area (Å²) in [6.45, 7) is 7.16. The van der Waals surface area contributed by atoms with Gasteiger partial charge in [0.25, 0.3) is 0 Å². The maximum atomic E-state index is 14.0. The van der Waals surface area contributed by atoms with Crippen LogP contribution in [0.15, 0.2) is 24.4 Å². The summed E-state index contributed by atoms with van der Waals surface area (Å²) >= 11 is 0. The highest BCUT2D eigenvalue weighted by Gasteiger charge is 2.26.